The van der Waals surface area contributed by atoms with Crippen LogP contribution in [-0.4, -0.2) is 44.4 Å². The van der Waals surface area contributed by atoms with Crippen LogP contribution in [0.1, 0.15) is 24.1 Å². The Morgan fingerprint density at radius 3 is 2.39 bits per heavy atom. The van der Waals surface area contributed by atoms with Crippen molar-refractivity contribution in [3.8, 4) is 0 Å². The van der Waals surface area contributed by atoms with Crippen LogP contribution in [0.4, 0.5) is 5.69 Å². The molecule has 1 saturated heterocycles. The van der Waals surface area contributed by atoms with E-state index in [1.54, 1.807) is 9.80 Å². The molecule has 4 nitrogen and oxygen atoms in total. The molecular weight excluding hydrogens is 388 g/mol. The summed E-state index contributed by atoms with van der Waals surface area (Å²) in [6.07, 6.45) is 0. The van der Waals surface area contributed by atoms with Crippen molar-refractivity contribution >= 4 is 34.6 Å². The Labute approximate surface area is 178 Å². The minimum absolute atomic E-state index is 0.204. The summed E-state index contributed by atoms with van der Waals surface area (Å²) in [5.74, 6) is 0. The van der Waals surface area contributed by atoms with Crippen LogP contribution in [0.3, 0.4) is 0 Å². The number of thiocarbonyl (C=S) groups is 1. The van der Waals surface area contributed by atoms with Crippen molar-refractivity contribution < 1.29 is 9.80 Å². The summed E-state index contributed by atoms with van der Waals surface area (Å²) in [7, 11) is 2.28. The van der Waals surface area contributed by atoms with E-state index in [1.807, 2.05) is 25.1 Å². The first kappa shape index (κ1) is 21.1. The monoisotopic (exact) mass is 418 g/mol. The normalized spacial score (nSPS) is 21.6. The molecule has 0 aliphatic carbocycles. The summed E-state index contributed by atoms with van der Waals surface area (Å²) in [5, 5.41) is 8.23. The Balaban J connectivity index is 1.72. The van der Waals surface area contributed by atoms with Gasteiger partial charge in [-0.25, -0.2) is 0 Å². The van der Waals surface area contributed by atoms with Crippen LogP contribution in [0.2, 0.25) is 5.02 Å². The molecule has 2 atom stereocenters. The third-order valence-electron chi connectivity index (χ3n) is 5.72. The van der Waals surface area contributed by atoms with Gasteiger partial charge in [0.2, 0.25) is 0 Å². The highest BCUT2D eigenvalue weighted by Crippen LogP contribution is 2.23. The zero-order valence-electron chi connectivity index (χ0n) is 16.9. The molecule has 2 aromatic rings. The van der Waals surface area contributed by atoms with Gasteiger partial charge in [-0.15, -0.1) is 0 Å². The maximum atomic E-state index is 6.24. The predicted octanol–water partition coefficient (Wildman–Crippen LogP) is 1.48. The number of hydrogen-bond donors (Lipinski definition) is 4. The van der Waals surface area contributed by atoms with E-state index >= 15 is 0 Å². The highest BCUT2D eigenvalue weighted by atomic mass is 35.5. The van der Waals surface area contributed by atoms with Crippen molar-refractivity contribution in [3.63, 3.8) is 0 Å². The molecule has 0 saturated carbocycles. The van der Waals surface area contributed by atoms with Crippen molar-refractivity contribution in [2.75, 3.05) is 38.5 Å². The van der Waals surface area contributed by atoms with Gasteiger partial charge in [0, 0.05) is 16.3 Å². The molecule has 0 aromatic heterocycles. The number of piperazine rings is 1. The molecule has 0 unspecified atom stereocenters. The third kappa shape index (κ3) is 5.23. The largest absolute Gasteiger partial charge is 0.354 e. The van der Waals surface area contributed by atoms with Gasteiger partial charge in [-0.2, -0.15) is 0 Å². The summed E-state index contributed by atoms with van der Waals surface area (Å²) in [4.78, 5) is 3.24. The average Bonchev–Trinajstić information content (AvgIpc) is 2.68. The Kier molecular flexibility index (Phi) is 7.30. The SMILES string of the molecule is Cc1c(Cl)cccc1NC(=S)N[C@@H](C)[C@@H](c1ccccc1)[NH+]1CC[NH+](C)CC1. The van der Waals surface area contributed by atoms with Gasteiger partial charge in [0.1, 0.15) is 32.2 Å². The summed E-state index contributed by atoms with van der Waals surface area (Å²) in [6.45, 7) is 8.98. The molecule has 0 spiro atoms. The fraction of sp³-hybridized carbons (Fsp3) is 0.409. The second-order valence-electron chi connectivity index (χ2n) is 7.80. The van der Waals surface area contributed by atoms with Crippen LogP contribution >= 0.6 is 23.8 Å². The van der Waals surface area contributed by atoms with Crippen LogP contribution in [0, 0.1) is 6.92 Å². The summed E-state index contributed by atoms with van der Waals surface area (Å²) in [6, 6.07) is 17.2. The molecular formula is C22H31ClN4S+2. The van der Waals surface area contributed by atoms with E-state index in [2.05, 4.69) is 54.9 Å². The number of nitrogens with one attached hydrogen (secondary N) is 4. The number of rotatable bonds is 5. The molecule has 0 radical (unpaired) electrons. The topological polar surface area (TPSA) is 32.9 Å². The van der Waals surface area contributed by atoms with Crippen molar-refractivity contribution in [1.29, 1.82) is 0 Å². The second kappa shape index (κ2) is 9.70. The van der Waals surface area contributed by atoms with Crippen molar-refractivity contribution in [2.24, 2.45) is 0 Å². The predicted molar refractivity (Wildman–Crippen MR) is 122 cm³/mol. The Morgan fingerprint density at radius 1 is 1.04 bits per heavy atom. The van der Waals surface area contributed by atoms with Gasteiger partial charge < -0.3 is 20.4 Å². The maximum absolute atomic E-state index is 6.24. The Bertz CT molecular complexity index is 790. The first-order valence-corrected chi connectivity index (χ1v) is 10.8. The average molecular weight is 419 g/mol. The number of hydrogen-bond acceptors (Lipinski definition) is 1. The Hall–Kier alpha value is -1.66. The zero-order valence-corrected chi connectivity index (χ0v) is 18.5. The molecule has 0 amide bonds. The number of likely N-dealkylation sites (N-methyl/N-ethyl adjacent to an activating group) is 1. The van der Waals surface area contributed by atoms with Crippen molar-refractivity contribution in [2.45, 2.75) is 25.9 Å². The van der Waals surface area contributed by atoms with Gasteiger partial charge in [-0.05, 0) is 43.8 Å². The standard InChI is InChI=1S/C22H29ClN4S/c1-16-19(23)10-7-11-20(16)25-22(28)24-17(2)21(18-8-5-4-6-9-18)27-14-12-26(3)13-15-27/h4-11,17,21H,12-15H2,1-3H3,(H2,24,25,28)/p+2/t17-,21-/m0/s1. The first-order valence-electron chi connectivity index (χ1n) is 9.99. The quantitative estimate of drug-likeness (QED) is 0.555. The summed E-state index contributed by atoms with van der Waals surface area (Å²) in [5.41, 5.74) is 3.32. The minimum Gasteiger partial charge on any atom is -0.354 e. The lowest BCUT2D eigenvalue weighted by molar-refractivity contribution is -1.02. The van der Waals surface area contributed by atoms with E-state index in [4.69, 9.17) is 23.8 Å². The third-order valence-corrected chi connectivity index (χ3v) is 6.35. The van der Waals surface area contributed by atoms with Crippen LogP contribution in [0.25, 0.3) is 0 Å². The fourth-order valence-electron chi connectivity index (χ4n) is 4.04. The molecule has 0 bridgehead atoms. The highest BCUT2D eigenvalue weighted by molar-refractivity contribution is 7.80. The molecule has 6 heteroatoms. The zero-order chi connectivity index (χ0) is 20.1. The van der Waals surface area contributed by atoms with Crippen molar-refractivity contribution in [1.82, 2.24) is 5.32 Å². The van der Waals surface area contributed by atoms with Gasteiger partial charge in [0.15, 0.2) is 5.11 Å². The number of benzene rings is 2. The number of anilines is 1. The molecule has 2 aromatic carbocycles. The molecule has 1 aliphatic heterocycles. The van der Waals surface area contributed by atoms with E-state index in [1.165, 1.54) is 31.7 Å². The van der Waals surface area contributed by atoms with Crippen LogP contribution in [0.15, 0.2) is 48.5 Å². The maximum Gasteiger partial charge on any atom is 0.171 e. The minimum atomic E-state index is 0.204. The molecule has 4 N–H and O–H groups in total. The lowest BCUT2D eigenvalue weighted by Crippen LogP contribution is -3.27. The van der Waals surface area contributed by atoms with Crippen LogP contribution in [0.5, 0.6) is 0 Å². The lowest BCUT2D eigenvalue weighted by atomic mass is 9.98. The number of quaternary nitrogens is 2. The fourth-order valence-corrected chi connectivity index (χ4v) is 4.51. The van der Waals surface area contributed by atoms with E-state index in [9.17, 15) is 0 Å². The molecule has 150 valence electrons. The van der Waals surface area contributed by atoms with Crippen molar-refractivity contribution in [3.05, 3.63) is 64.7 Å². The van der Waals surface area contributed by atoms with Crippen LogP contribution in [-0.2, 0) is 0 Å². The van der Waals surface area contributed by atoms with E-state index in [-0.39, 0.29) is 6.04 Å². The molecule has 28 heavy (non-hydrogen) atoms. The molecule has 1 fully saturated rings. The summed E-state index contributed by atoms with van der Waals surface area (Å²) >= 11 is 11.9. The van der Waals surface area contributed by atoms with Gasteiger partial charge >= 0.3 is 0 Å². The molecule has 1 heterocycles. The van der Waals surface area contributed by atoms with Crippen LogP contribution < -0.4 is 20.4 Å². The van der Waals surface area contributed by atoms with E-state index in [0.717, 1.165) is 16.3 Å². The molecule has 3 rings (SSSR count). The molecule has 1 aliphatic rings. The van der Waals surface area contributed by atoms with E-state index in [0.29, 0.717) is 11.2 Å². The lowest BCUT2D eigenvalue weighted by Gasteiger charge is -2.37. The first-order chi connectivity index (χ1) is 13.5. The second-order valence-corrected chi connectivity index (χ2v) is 8.62. The Morgan fingerprint density at radius 2 is 1.71 bits per heavy atom. The highest BCUT2D eigenvalue weighted by Gasteiger charge is 2.33. The van der Waals surface area contributed by atoms with Gasteiger partial charge in [0.25, 0.3) is 0 Å². The smallest absolute Gasteiger partial charge is 0.171 e. The summed E-state index contributed by atoms with van der Waals surface area (Å²) < 4.78 is 0. The van der Waals surface area contributed by atoms with E-state index < -0.39 is 0 Å². The van der Waals surface area contributed by atoms with Gasteiger partial charge in [-0.3, -0.25) is 0 Å². The number of halogens is 1. The van der Waals surface area contributed by atoms with Gasteiger partial charge in [-0.1, -0.05) is 48.0 Å². The van der Waals surface area contributed by atoms with Gasteiger partial charge in [0.05, 0.1) is 13.1 Å².